The summed E-state index contributed by atoms with van der Waals surface area (Å²) in [6.45, 7) is 18.4. The van der Waals surface area contributed by atoms with Crippen LogP contribution in [0.25, 0.3) is 0 Å². The van der Waals surface area contributed by atoms with Gasteiger partial charge in [-0.2, -0.15) is 0 Å². The third-order valence-corrected chi connectivity index (χ3v) is 7.32. The van der Waals surface area contributed by atoms with E-state index < -0.39 is 8.07 Å². The number of hydrogen-bond acceptors (Lipinski definition) is 1. The van der Waals surface area contributed by atoms with Crippen LogP contribution in [-0.4, -0.2) is 31.7 Å². The molecule has 0 N–H and O–H groups in total. The van der Waals surface area contributed by atoms with Gasteiger partial charge in [0.25, 0.3) is 0 Å². The molecule has 0 radical (unpaired) electrons. The molecule has 1 nitrogen and oxygen atoms in total. The van der Waals surface area contributed by atoms with Crippen molar-refractivity contribution in [1.29, 1.82) is 0 Å². The van der Waals surface area contributed by atoms with Gasteiger partial charge in [-0.1, -0.05) is 46.7 Å². The average Bonchev–Trinajstić information content (AvgIpc) is 2.28. The van der Waals surface area contributed by atoms with Crippen molar-refractivity contribution in [2.24, 2.45) is 0 Å². The molecule has 1 atom stereocenters. The Balaban J connectivity index is 4.40. The van der Waals surface area contributed by atoms with Gasteiger partial charge in [-0.05, 0) is 25.9 Å². The first-order chi connectivity index (χ1) is 7.49. The third kappa shape index (κ3) is 5.31. The van der Waals surface area contributed by atoms with Gasteiger partial charge in [0, 0.05) is 5.67 Å². The summed E-state index contributed by atoms with van der Waals surface area (Å²) in [4.78, 5) is 2.70. The molecule has 0 heterocycles. The standard InChI is InChI=1S/C14H31NSi/c1-7-10-12-15(13-11-8-2)14(4)16(5,6)9-3/h9,14H,3,7-8,10-13H2,1-2,4-6H3. The lowest BCUT2D eigenvalue weighted by Crippen LogP contribution is -2.50. The molecule has 0 bridgehead atoms. The normalized spacial score (nSPS) is 14.1. The summed E-state index contributed by atoms with van der Waals surface area (Å²) in [5, 5.41) is 0. The van der Waals surface area contributed by atoms with Crippen LogP contribution in [0.3, 0.4) is 0 Å². The van der Waals surface area contributed by atoms with Crippen LogP contribution < -0.4 is 0 Å². The Bertz CT molecular complexity index is 181. The molecule has 96 valence electrons. The van der Waals surface area contributed by atoms with E-state index in [0.29, 0.717) is 0 Å². The van der Waals surface area contributed by atoms with Gasteiger partial charge in [-0.3, -0.25) is 0 Å². The van der Waals surface area contributed by atoms with Gasteiger partial charge in [0.1, 0.15) is 0 Å². The van der Waals surface area contributed by atoms with E-state index in [1.54, 1.807) is 0 Å². The van der Waals surface area contributed by atoms with Crippen LogP contribution in [-0.2, 0) is 0 Å². The monoisotopic (exact) mass is 241 g/mol. The lowest BCUT2D eigenvalue weighted by atomic mass is 10.2. The Morgan fingerprint density at radius 3 is 1.88 bits per heavy atom. The highest BCUT2D eigenvalue weighted by atomic mass is 28.3. The van der Waals surface area contributed by atoms with E-state index in [4.69, 9.17) is 0 Å². The lowest BCUT2D eigenvalue weighted by Gasteiger charge is -2.37. The van der Waals surface area contributed by atoms with Gasteiger partial charge in [-0.15, -0.1) is 12.3 Å². The quantitative estimate of drug-likeness (QED) is 0.546. The van der Waals surface area contributed by atoms with Crippen molar-refractivity contribution in [2.75, 3.05) is 13.1 Å². The summed E-state index contributed by atoms with van der Waals surface area (Å²) >= 11 is 0. The van der Waals surface area contributed by atoms with Crippen molar-refractivity contribution in [1.82, 2.24) is 4.90 Å². The molecular weight excluding hydrogens is 210 g/mol. The first-order valence-electron chi connectivity index (χ1n) is 6.87. The van der Waals surface area contributed by atoms with Crippen molar-refractivity contribution in [2.45, 2.75) is 65.2 Å². The summed E-state index contributed by atoms with van der Waals surface area (Å²) in [6.07, 6.45) is 5.25. The summed E-state index contributed by atoms with van der Waals surface area (Å²) in [7, 11) is -1.25. The van der Waals surface area contributed by atoms with Crippen LogP contribution in [0.15, 0.2) is 12.3 Å². The molecule has 1 unspecified atom stereocenters. The molecule has 0 aliphatic rings. The van der Waals surface area contributed by atoms with Crippen LogP contribution in [0, 0.1) is 0 Å². The highest BCUT2D eigenvalue weighted by molar-refractivity contribution is 6.83. The summed E-state index contributed by atoms with van der Waals surface area (Å²) in [5.74, 6) is 0. The lowest BCUT2D eigenvalue weighted by molar-refractivity contribution is 0.247. The summed E-state index contributed by atoms with van der Waals surface area (Å²) in [5.41, 5.74) is 2.96. The van der Waals surface area contributed by atoms with Gasteiger partial charge < -0.3 is 4.90 Å². The molecular formula is C14H31NSi. The molecule has 0 spiro atoms. The third-order valence-electron chi connectivity index (χ3n) is 3.75. The van der Waals surface area contributed by atoms with Crippen LogP contribution in [0.1, 0.15) is 46.5 Å². The van der Waals surface area contributed by atoms with Gasteiger partial charge in [0.2, 0.25) is 0 Å². The van der Waals surface area contributed by atoms with Gasteiger partial charge in [0.05, 0.1) is 8.07 Å². The van der Waals surface area contributed by atoms with Crippen LogP contribution >= 0.6 is 0 Å². The van der Waals surface area contributed by atoms with Crippen LogP contribution in [0.4, 0.5) is 0 Å². The minimum atomic E-state index is -1.25. The second-order valence-electron chi connectivity index (χ2n) is 5.44. The van der Waals surface area contributed by atoms with Crippen molar-refractivity contribution in [3.05, 3.63) is 12.3 Å². The largest absolute Gasteiger partial charge is 0.303 e. The predicted octanol–water partition coefficient (Wildman–Crippen LogP) is 4.25. The van der Waals surface area contributed by atoms with E-state index in [9.17, 15) is 0 Å². The Morgan fingerprint density at radius 2 is 1.56 bits per heavy atom. The predicted molar refractivity (Wildman–Crippen MR) is 78.5 cm³/mol. The Hall–Kier alpha value is -0.0831. The first kappa shape index (κ1) is 15.9. The minimum Gasteiger partial charge on any atom is -0.303 e. The number of unbranched alkanes of at least 4 members (excludes halogenated alkanes) is 2. The Morgan fingerprint density at radius 1 is 1.12 bits per heavy atom. The summed E-state index contributed by atoms with van der Waals surface area (Å²) < 4.78 is 0. The van der Waals surface area contributed by atoms with Crippen LogP contribution in [0.2, 0.25) is 13.1 Å². The molecule has 0 rings (SSSR count). The van der Waals surface area contributed by atoms with E-state index in [2.05, 4.69) is 51.0 Å². The number of rotatable bonds is 9. The van der Waals surface area contributed by atoms with Gasteiger partial charge >= 0.3 is 0 Å². The molecule has 0 aliphatic carbocycles. The van der Waals surface area contributed by atoms with Crippen molar-refractivity contribution in [3.8, 4) is 0 Å². The molecule has 2 heteroatoms. The number of hydrogen-bond donors (Lipinski definition) is 0. The van der Waals surface area contributed by atoms with Gasteiger partial charge in [-0.25, -0.2) is 0 Å². The molecule has 0 fully saturated rings. The number of nitrogens with zero attached hydrogens (tertiary/aromatic N) is 1. The summed E-state index contributed by atoms with van der Waals surface area (Å²) in [6, 6.07) is 0. The molecule has 0 aromatic rings. The highest BCUT2D eigenvalue weighted by Gasteiger charge is 2.29. The molecule has 0 aliphatic heterocycles. The fourth-order valence-electron chi connectivity index (χ4n) is 1.86. The minimum absolute atomic E-state index is 0.725. The van der Waals surface area contributed by atoms with E-state index in [0.717, 1.165) is 5.67 Å². The zero-order valence-corrected chi connectivity index (χ0v) is 13.1. The zero-order valence-electron chi connectivity index (χ0n) is 12.1. The fraction of sp³-hybridized carbons (Fsp3) is 0.857. The van der Waals surface area contributed by atoms with E-state index in [-0.39, 0.29) is 0 Å². The Kier molecular flexibility index (Phi) is 8.03. The molecule has 0 amide bonds. The maximum Gasteiger partial charge on any atom is 0.0890 e. The maximum atomic E-state index is 4.03. The van der Waals surface area contributed by atoms with Crippen molar-refractivity contribution in [3.63, 3.8) is 0 Å². The van der Waals surface area contributed by atoms with E-state index in [1.807, 2.05) is 0 Å². The van der Waals surface area contributed by atoms with Crippen molar-refractivity contribution < 1.29 is 0 Å². The molecule has 16 heavy (non-hydrogen) atoms. The fourth-order valence-corrected chi connectivity index (χ4v) is 3.40. The average molecular weight is 241 g/mol. The first-order valence-corrected chi connectivity index (χ1v) is 10.0. The van der Waals surface area contributed by atoms with E-state index in [1.165, 1.54) is 38.8 Å². The van der Waals surface area contributed by atoms with Crippen molar-refractivity contribution >= 4 is 8.07 Å². The maximum absolute atomic E-state index is 4.03. The van der Waals surface area contributed by atoms with Crippen LogP contribution in [0.5, 0.6) is 0 Å². The smallest absolute Gasteiger partial charge is 0.0890 e. The highest BCUT2D eigenvalue weighted by Crippen LogP contribution is 2.17. The SMILES string of the molecule is C=C[Si](C)(C)C(C)N(CCCC)CCCC. The molecule has 0 aromatic carbocycles. The molecule has 0 saturated carbocycles. The van der Waals surface area contributed by atoms with E-state index >= 15 is 0 Å². The Labute approximate surface area is 104 Å². The zero-order chi connectivity index (χ0) is 12.6. The molecule has 0 aromatic heterocycles. The second-order valence-corrected chi connectivity index (χ2v) is 10.3. The molecule has 0 saturated heterocycles. The van der Waals surface area contributed by atoms with Gasteiger partial charge in [0.15, 0.2) is 0 Å². The topological polar surface area (TPSA) is 3.24 Å². The second kappa shape index (κ2) is 8.07.